The zero-order chi connectivity index (χ0) is 12.1. The summed E-state index contributed by atoms with van der Waals surface area (Å²) in [6.07, 6.45) is 0.700. The summed E-state index contributed by atoms with van der Waals surface area (Å²) in [4.78, 5) is 8.81. The SMILES string of the molecule is COCCOCCc1nc(N)c2c(n1)CSC2. The number of hydrogen-bond donors (Lipinski definition) is 1. The molecule has 0 saturated carbocycles. The third-order valence-corrected chi connectivity index (χ3v) is 3.53. The van der Waals surface area contributed by atoms with Crippen LogP contribution in [0.5, 0.6) is 0 Å². The molecule has 5 nitrogen and oxygen atoms in total. The largest absolute Gasteiger partial charge is 0.383 e. The van der Waals surface area contributed by atoms with E-state index in [4.69, 9.17) is 15.2 Å². The average Bonchev–Trinajstić information content (AvgIpc) is 2.77. The van der Waals surface area contributed by atoms with E-state index in [1.165, 1.54) is 0 Å². The van der Waals surface area contributed by atoms with Crippen molar-refractivity contribution in [1.29, 1.82) is 0 Å². The molecule has 0 amide bonds. The highest BCUT2D eigenvalue weighted by Crippen LogP contribution is 2.31. The van der Waals surface area contributed by atoms with Crippen molar-refractivity contribution in [2.75, 3.05) is 32.7 Å². The van der Waals surface area contributed by atoms with Crippen LogP contribution in [0.3, 0.4) is 0 Å². The highest BCUT2D eigenvalue weighted by atomic mass is 32.2. The van der Waals surface area contributed by atoms with Crippen LogP contribution in [0.1, 0.15) is 17.1 Å². The number of rotatable bonds is 6. The lowest BCUT2D eigenvalue weighted by molar-refractivity contribution is 0.0716. The van der Waals surface area contributed by atoms with E-state index in [1.807, 2.05) is 11.8 Å². The van der Waals surface area contributed by atoms with Gasteiger partial charge in [-0.25, -0.2) is 9.97 Å². The number of thioether (sulfide) groups is 1. The number of hydrogen-bond acceptors (Lipinski definition) is 6. The Balaban J connectivity index is 1.87. The Morgan fingerprint density at radius 1 is 1.24 bits per heavy atom. The maximum atomic E-state index is 5.90. The van der Waals surface area contributed by atoms with Crippen molar-refractivity contribution in [3.63, 3.8) is 0 Å². The first-order chi connectivity index (χ1) is 8.31. The third kappa shape index (κ3) is 3.31. The predicted octanol–water partition coefficient (Wildman–Crippen LogP) is 1.01. The van der Waals surface area contributed by atoms with Gasteiger partial charge in [0.1, 0.15) is 11.6 Å². The van der Waals surface area contributed by atoms with Gasteiger partial charge in [-0.1, -0.05) is 0 Å². The summed E-state index contributed by atoms with van der Waals surface area (Å²) in [5.41, 5.74) is 8.10. The Morgan fingerprint density at radius 3 is 2.94 bits per heavy atom. The second-order valence-electron chi connectivity index (χ2n) is 3.80. The van der Waals surface area contributed by atoms with Gasteiger partial charge < -0.3 is 15.2 Å². The topological polar surface area (TPSA) is 70.3 Å². The summed E-state index contributed by atoms with van der Waals surface area (Å²) >= 11 is 1.83. The molecule has 1 aliphatic rings. The molecule has 0 radical (unpaired) electrons. The summed E-state index contributed by atoms with van der Waals surface area (Å²) in [5.74, 6) is 3.29. The van der Waals surface area contributed by atoms with Crippen LogP contribution in [0.15, 0.2) is 0 Å². The molecule has 0 saturated heterocycles. The summed E-state index contributed by atoms with van der Waals surface area (Å²) in [6, 6.07) is 0. The first-order valence-electron chi connectivity index (χ1n) is 5.60. The van der Waals surface area contributed by atoms with Crippen LogP contribution in [0.25, 0.3) is 0 Å². The van der Waals surface area contributed by atoms with E-state index in [-0.39, 0.29) is 0 Å². The lowest BCUT2D eigenvalue weighted by atomic mass is 10.2. The third-order valence-electron chi connectivity index (χ3n) is 2.56. The van der Waals surface area contributed by atoms with E-state index < -0.39 is 0 Å². The minimum Gasteiger partial charge on any atom is -0.383 e. The Kier molecular flexibility index (Phi) is 4.58. The van der Waals surface area contributed by atoms with Gasteiger partial charge in [-0.2, -0.15) is 11.8 Å². The highest BCUT2D eigenvalue weighted by molar-refractivity contribution is 7.98. The molecular weight excluding hydrogens is 238 g/mol. The number of ether oxygens (including phenoxy) is 2. The molecule has 1 aromatic rings. The van der Waals surface area contributed by atoms with Crippen LogP contribution in [0, 0.1) is 0 Å². The minimum atomic E-state index is 0.604. The molecule has 0 aliphatic carbocycles. The second-order valence-corrected chi connectivity index (χ2v) is 4.78. The number of aromatic nitrogens is 2. The molecule has 2 rings (SSSR count). The minimum absolute atomic E-state index is 0.604. The molecule has 1 aromatic heterocycles. The van der Waals surface area contributed by atoms with Crippen LogP contribution in [0.2, 0.25) is 0 Å². The molecule has 6 heteroatoms. The predicted molar refractivity (Wildman–Crippen MR) is 67.8 cm³/mol. The molecule has 0 spiro atoms. The van der Waals surface area contributed by atoms with Crippen LogP contribution < -0.4 is 5.73 Å². The first-order valence-corrected chi connectivity index (χ1v) is 6.75. The number of anilines is 1. The van der Waals surface area contributed by atoms with Crippen LogP contribution >= 0.6 is 11.8 Å². The van der Waals surface area contributed by atoms with Gasteiger partial charge >= 0.3 is 0 Å². The first kappa shape index (κ1) is 12.6. The molecule has 0 atom stereocenters. The van der Waals surface area contributed by atoms with E-state index in [0.717, 1.165) is 28.6 Å². The van der Waals surface area contributed by atoms with Gasteiger partial charge in [0.05, 0.1) is 25.5 Å². The van der Waals surface area contributed by atoms with E-state index in [9.17, 15) is 0 Å². The fourth-order valence-corrected chi connectivity index (χ4v) is 2.70. The van der Waals surface area contributed by atoms with E-state index in [0.29, 0.717) is 32.1 Å². The lowest BCUT2D eigenvalue weighted by Gasteiger charge is -2.06. The normalized spacial score (nSPS) is 13.9. The van der Waals surface area contributed by atoms with Gasteiger partial charge in [0.2, 0.25) is 0 Å². The standard InChI is InChI=1S/C11H17N3O2S/c1-15-4-5-16-3-2-10-13-9-7-17-6-8(9)11(12)14-10/h2-7H2,1H3,(H2,12,13,14). The van der Waals surface area contributed by atoms with Crippen molar-refractivity contribution < 1.29 is 9.47 Å². The smallest absolute Gasteiger partial charge is 0.133 e. The van der Waals surface area contributed by atoms with Crippen molar-refractivity contribution in [3.8, 4) is 0 Å². The number of nitrogens with two attached hydrogens (primary N) is 1. The number of nitrogens with zero attached hydrogens (tertiary/aromatic N) is 2. The zero-order valence-electron chi connectivity index (χ0n) is 9.94. The Morgan fingerprint density at radius 2 is 2.12 bits per heavy atom. The van der Waals surface area contributed by atoms with Crippen molar-refractivity contribution in [2.45, 2.75) is 17.9 Å². The maximum absolute atomic E-state index is 5.90. The molecule has 94 valence electrons. The Labute approximate surface area is 105 Å². The summed E-state index contributed by atoms with van der Waals surface area (Å²) in [5, 5.41) is 0. The van der Waals surface area contributed by atoms with Crippen molar-refractivity contribution in [2.24, 2.45) is 0 Å². The quantitative estimate of drug-likeness (QED) is 0.765. The molecule has 2 N–H and O–H groups in total. The zero-order valence-corrected chi connectivity index (χ0v) is 10.8. The van der Waals surface area contributed by atoms with Crippen LogP contribution in [0.4, 0.5) is 5.82 Å². The fourth-order valence-electron chi connectivity index (χ4n) is 1.65. The van der Waals surface area contributed by atoms with Crippen LogP contribution in [-0.2, 0) is 27.4 Å². The number of nitrogen functional groups attached to an aromatic ring is 1. The van der Waals surface area contributed by atoms with Gasteiger partial charge in [-0.15, -0.1) is 0 Å². The van der Waals surface area contributed by atoms with E-state index in [2.05, 4.69) is 9.97 Å². The van der Waals surface area contributed by atoms with Gasteiger partial charge in [0.15, 0.2) is 0 Å². The molecule has 2 heterocycles. The van der Waals surface area contributed by atoms with Crippen molar-refractivity contribution >= 4 is 17.6 Å². The monoisotopic (exact) mass is 255 g/mol. The molecule has 0 fully saturated rings. The molecule has 17 heavy (non-hydrogen) atoms. The highest BCUT2D eigenvalue weighted by Gasteiger charge is 2.17. The fraction of sp³-hybridized carbons (Fsp3) is 0.636. The van der Waals surface area contributed by atoms with E-state index >= 15 is 0 Å². The van der Waals surface area contributed by atoms with Gasteiger partial charge in [-0.3, -0.25) is 0 Å². The van der Waals surface area contributed by atoms with Crippen molar-refractivity contribution in [1.82, 2.24) is 9.97 Å². The lowest BCUT2D eigenvalue weighted by Crippen LogP contribution is -2.10. The molecule has 0 bridgehead atoms. The van der Waals surface area contributed by atoms with Crippen molar-refractivity contribution in [3.05, 3.63) is 17.1 Å². The average molecular weight is 255 g/mol. The summed E-state index contributed by atoms with van der Waals surface area (Å²) in [7, 11) is 1.66. The second kappa shape index (κ2) is 6.18. The van der Waals surface area contributed by atoms with Gasteiger partial charge in [0, 0.05) is 30.6 Å². The summed E-state index contributed by atoms with van der Waals surface area (Å²) < 4.78 is 10.3. The molecule has 1 aliphatic heterocycles. The van der Waals surface area contributed by atoms with Gasteiger partial charge in [0.25, 0.3) is 0 Å². The van der Waals surface area contributed by atoms with E-state index in [1.54, 1.807) is 7.11 Å². The van der Waals surface area contributed by atoms with Crippen LogP contribution in [-0.4, -0.2) is 36.9 Å². The molecular formula is C11H17N3O2S. The number of fused-ring (bicyclic) bond motifs is 1. The molecule has 0 unspecified atom stereocenters. The molecule has 0 aromatic carbocycles. The Bertz CT molecular complexity index is 387. The summed E-state index contributed by atoms with van der Waals surface area (Å²) in [6.45, 7) is 1.82. The number of methoxy groups -OCH3 is 1. The van der Waals surface area contributed by atoms with Gasteiger partial charge in [-0.05, 0) is 0 Å². The maximum Gasteiger partial charge on any atom is 0.133 e. The Hall–Kier alpha value is -0.850.